The quantitative estimate of drug-likeness (QED) is 0.290. The Morgan fingerprint density at radius 1 is 0.947 bits per heavy atom. The molecule has 0 saturated heterocycles. The van der Waals surface area contributed by atoms with Gasteiger partial charge in [-0.25, -0.2) is 14.2 Å². The fraction of sp³-hybridized carbons (Fsp3) is 0.250. The van der Waals surface area contributed by atoms with E-state index in [4.69, 9.17) is 4.74 Å². The van der Waals surface area contributed by atoms with Crippen molar-refractivity contribution in [1.29, 1.82) is 0 Å². The molecule has 4 aromatic rings. The lowest BCUT2D eigenvalue weighted by atomic mass is 10.2. The van der Waals surface area contributed by atoms with E-state index in [1.54, 1.807) is 30.3 Å². The van der Waals surface area contributed by atoms with Crippen LogP contribution in [0.4, 0.5) is 11.4 Å². The summed E-state index contributed by atoms with van der Waals surface area (Å²) in [6.07, 6.45) is 2.07. The Bertz CT molecular complexity index is 1560. The highest BCUT2D eigenvalue weighted by Crippen LogP contribution is 2.25. The molecule has 2 aromatic heterocycles. The number of fused-ring (bicyclic) bond motifs is 1. The molecule has 0 aliphatic carbocycles. The molecule has 9 nitrogen and oxygen atoms in total. The van der Waals surface area contributed by atoms with Gasteiger partial charge in [0.15, 0.2) is 4.96 Å². The third-order valence-corrected chi connectivity index (χ3v) is 6.64. The third kappa shape index (κ3) is 5.97. The van der Waals surface area contributed by atoms with Crippen molar-refractivity contribution < 1.29 is 19.1 Å². The Morgan fingerprint density at radius 2 is 1.68 bits per heavy atom. The van der Waals surface area contributed by atoms with Gasteiger partial charge in [0, 0.05) is 23.1 Å². The summed E-state index contributed by atoms with van der Waals surface area (Å²) >= 11 is 0.969. The highest BCUT2D eigenvalue weighted by Gasteiger charge is 2.27. The van der Waals surface area contributed by atoms with Crippen LogP contribution in [-0.2, 0) is 11.2 Å². The number of hydrogen-bond donors (Lipinski definition) is 2. The number of nitrogens with one attached hydrogen (secondary N) is 2. The molecule has 0 atom stereocenters. The fourth-order valence-corrected chi connectivity index (χ4v) is 4.82. The van der Waals surface area contributed by atoms with Crippen molar-refractivity contribution in [2.24, 2.45) is 0 Å². The van der Waals surface area contributed by atoms with Crippen molar-refractivity contribution in [3.05, 3.63) is 92.3 Å². The predicted octanol–water partition coefficient (Wildman–Crippen LogP) is 5.09. The molecular weight excluding hydrogens is 504 g/mol. The average Bonchev–Trinajstić information content (AvgIpc) is 3.29. The third-order valence-electron chi connectivity index (χ3n) is 5.60. The minimum absolute atomic E-state index is 0.0415. The molecule has 196 valence electrons. The number of rotatable bonds is 9. The van der Waals surface area contributed by atoms with E-state index in [-0.39, 0.29) is 27.7 Å². The van der Waals surface area contributed by atoms with Crippen molar-refractivity contribution in [2.45, 2.75) is 40.0 Å². The molecule has 0 aliphatic rings. The molecule has 0 saturated carbocycles. The van der Waals surface area contributed by atoms with Crippen LogP contribution >= 0.6 is 11.3 Å². The smallest absolute Gasteiger partial charge is 0.338 e. The van der Waals surface area contributed by atoms with Crippen molar-refractivity contribution >= 4 is 45.5 Å². The van der Waals surface area contributed by atoms with E-state index < -0.39 is 23.3 Å². The zero-order chi connectivity index (χ0) is 27.2. The number of aryl methyl sites for hydroxylation is 2. The predicted molar refractivity (Wildman–Crippen MR) is 147 cm³/mol. The Kier molecular flexibility index (Phi) is 8.32. The molecule has 2 heterocycles. The molecular formula is C28H28N4O5S. The van der Waals surface area contributed by atoms with Crippen molar-refractivity contribution in [3.8, 4) is 0 Å². The number of carbonyl (C=O) groups is 3. The molecule has 0 spiro atoms. The monoisotopic (exact) mass is 532 g/mol. The van der Waals surface area contributed by atoms with Gasteiger partial charge in [-0.1, -0.05) is 55.4 Å². The van der Waals surface area contributed by atoms with E-state index in [2.05, 4.69) is 15.6 Å². The van der Waals surface area contributed by atoms with Crippen LogP contribution in [0.5, 0.6) is 0 Å². The van der Waals surface area contributed by atoms with Crippen LogP contribution in [0.2, 0.25) is 0 Å². The minimum Gasteiger partial charge on any atom is -0.462 e. The van der Waals surface area contributed by atoms with Crippen LogP contribution in [0.15, 0.2) is 59.4 Å². The number of aromatic nitrogens is 2. The van der Waals surface area contributed by atoms with Gasteiger partial charge >= 0.3 is 5.97 Å². The Hall–Kier alpha value is -4.31. The van der Waals surface area contributed by atoms with Gasteiger partial charge in [0.05, 0.1) is 12.2 Å². The number of nitrogens with zero attached hydrogens (tertiary/aromatic N) is 2. The first kappa shape index (κ1) is 26.7. The number of hydrogen-bond acceptors (Lipinski definition) is 7. The second-order valence-corrected chi connectivity index (χ2v) is 9.70. The van der Waals surface area contributed by atoms with E-state index in [0.29, 0.717) is 29.9 Å². The molecule has 2 N–H and O–H groups in total. The summed E-state index contributed by atoms with van der Waals surface area (Å²) in [5, 5.41) is 5.51. The first-order chi connectivity index (χ1) is 18.3. The Labute approximate surface area is 223 Å². The standard InChI is InChI=1S/C28H28N4O5S/c1-4-7-20-16-22(33)32-23(25(34)30-21-9-6-8-18(15-21)27(36)37-14-5-2)24(38-28(32)31-20)26(35)29-19-12-10-17(3)11-13-19/h6,8-13,15-16H,4-5,7,14H2,1-3H3,(H,29,35)(H,30,34). The second-order valence-electron chi connectivity index (χ2n) is 8.72. The summed E-state index contributed by atoms with van der Waals surface area (Å²) in [5.74, 6) is -1.73. The second kappa shape index (κ2) is 11.8. The van der Waals surface area contributed by atoms with Crippen LogP contribution in [0.25, 0.3) is 4.96 Å². The van der Waals surface area contributed by atoms with E-state index in [0.717, 1.165) is 27.7 Å². The van der Waals surface area contributed by atoms with E-state index >= 15 is 0 Å². The molecule has 10 heteroatoms. The largest absolute Gasteiger partial charge is 0.462 e. The first-order valence-electron chi connectivity index (χ1n) is 12.3. The van der Waals surface area contributed by atoms with Crippen LogP contribution in [0, 0.1) is 6.92 Å². The molecule has 0 bridgehead atoms. The van der Waals surface area contributed by atoms with Gasteiger partial charge in [-0.2, -0.15) is 0 Å². The molecule has 0 aliphatic heterocycles. The zero-order valence-corrected chi connectivity index (χ0v) is 22.2. The topological polar surface area (TPSA) is 119 Å². The average molecular weight is 533 g/mol. The number of benzene rings is 2. The summed E-state index contributed by atoms with van der Waals surface area (Å²) in [6.45, 7) is 6.09. The number of anilines is 2. The summed E-state index contributed by atoms with van der Waals surface area (Å²) in [4.78, 5) is 57.0. The highest BCUT2D eigenvalue weighted by atomic mass is 32.1. The normalized spacial score (nSPS) is 10.8. The van der Waals surface area contributed by atoms with Crippen molar-refractivity contribution in [2.75, 3.05) is 17.2 Å². The maximum absolute atomic E-state index is 13.5. The number of carbonyl (C=O) groups excluding carboxylic acids is 3. The fourth-order valence-electron chi connectivity index (χ4n) is 3.78. The SMILES string of the molecule is CCCOC(=O)c1cccc(NC(=O)c2c(C(=O)Nc3ccc(C)cc3)sc3nc(CCC)cc(=O)n23)c1. The molecule has 0 radical (unpaired) electrons. The Morgan fingerprint density at radius 3 is 2.39 bits per heavy atom. The van der Waals surface area contributed by atoms with Gasteiger partial charge in [0.25, 0.3) is 17.4 Å². The van der Waals surface area contributed by atoms with E-state index in [1.807, 2.05) is 32.9 Å². The number of amides is 2. The molecule has 2 aromatic carbocycles. The molecule has 0 fully saturated rings. The van der Waals surface area contributed by atoms with Crippen molar-refractivity contribution in [3.63, 3.8) is 0 Å². The van der Waals surface area contributed by atoms with E-state index in [9.17, 15) is 19.2 Å². The summed E-state index contributed by atoms with van der Waals surface area (Å²) in [5.41, 5.74) is 2.18. The number of esters is 1. The minimum atomic E-state index is -0.684. The summed E-state index contributed by atoms with van der Waals surface area (Å²) in [7, 11) is 0. The van der Waals surface area contributed by atoms with Gasteiger partial charge in [0.2, 0.25) is 0 Å². The highest BCUT2D eigenvalue weighted by molar-refractivity contribution is 7.19. The zero-order valence-electron chi connectivity index (χ0n) is 21.4. The Balaban J connectivity index is 1.73. The van der Waals surface area contributed by atoms with Crippen LogP contribution in [-0.4, -0.2) is 33.8 Å². The lowest BCUT2D eigenvalue weighted by Gasteiger charge is -2.10. The molecule has 38 heavy (non-hydrogen) atoms. The molecule has 0 unspecified atom stereocenters. The molecule has 4 rings (SSSR count). The van der Waals surface area contributed by atoms with Gasteiger partial charge in [-0.3, -0.25) is 14.4 Å². The van der Waals surface area contributed by atoms with Gasteiger partial charge in [0.1, 0.15) is 10.6 Å². The van der Waals surface area contributed by atoms with E-state index in [1.165, 1.54) is 12.1 Å². The van der Waals surface area contributed by atoms with Crippen LogP contribution in [0.1, 0.15) is 68.5 Å². The summed E-state index contributed by atoms with van der Waals surface area (Å²) < 4.78 is 6.33. The van der Waals surface area contributed by atoms with Crippen LogP contribution in [0.3, 0.4) is 0 Å². The lowest BCUT2D eigenvalue weighted by molar-refractivity contribution is 0.0505. The number of thiazole rings is 1. The van der Waals surface area contributed by atoms with Gasteiger partial charge in [-0.15, -0.1) is 0 Å². The summed E-state index contributed by atoms with van der Waals surface area (Å²) in [6, 6.07) is 14.9. The molecule has 2 amide bonds. The van der Waals surface area contributed by atoms with Crippen molar-refractivity contribution in [1.82, 2.24) is 9.38 Å². The van der Waals surface area contributed by atoms with Gasteiger partial charge in [-0.05, 0) is 50.1 Å². The van der Waals surface area contributed by atoms with Crippen LogP contribution < -0.4 is 16.2 Å². The first-order valence-corrected chi connectivity index (χ1v) is 13.1. The van der Waals surface area contributed by atoms with Gasteiger partial charge < -0.3 is 15.4 Å². The maximum Gasteiger partial charge on any atom is 0.338 e. The lowest BCUT2D eigenvalue weighted by Crippen LogP contribution is -2.25. The number of ether oxygens (including phenoxy) is 1. The maximum atomic E-state index is 13.5.